The molecule has 0 bridgehead atoms. The maximum atomic E-state index is 10.7. The largest absolute Gasteiger partial charge is 0.465 e. The van der Waals surface area contributed by atoms with E-state index in [9.17, 15) is 4.79 Å². The van der Waals surface area contributed by atoms with Crippen LogP contribution >= 0.6 is 11.6 Å². The van der Waals surface area contributed by atoms with Crippen LogP contribution in [0, 0.1) is 0 Å². The molecule has 1 aromatic carbocycles. The van der Waals surface area contributed by atoms with Crippen LogP contribution in [0.15, 0.2) is 36.7 Å². The number of hydrogen-bond donors (Lipinski definition) is 3. The smallest absolute Gasteiger partial charge is 0.411 e. The summed E-state index contributed by atoms with van der Waals surface area (Å²) in [7, 11) is 0. The minimum absolute atomic E-state index is 0.102. The fourth-order valence-corrected chi connectivity index (χ4v) is 2.16. The molecule has 0 saturated heterocycles. The molecule has 0 spiro atoms. The van der Waals surface area contributed by atoms with Gasteiger partial charge in [-0.3, -0.25) is 9.72 Å². The number of benzene rings is 1. The first kappa shape index (κ1) is 14.1. The lowest BCUT2D eigenvalue weighted by atomic mass is 10.2. The molecule has 22 heavy (non-hydrogen) atoms. The molecule has 0 aliphatic heterocycles. The molecule has 0 aliphatic carbocycles. The summed E-state index contributed by atoms with van der Waals surface area (Å²) in [5.41, 5.74) is 1.33. The van der Waals surface area contributed by atoms with Crippen molar-refractivity contribution >= 4 is 35.1 Å². The highest BCUT2D eigenvalue weighted by Gasteiger charge is 2.12. The maximum absolute atomic E-state index is 10.7. The SMILES string of the molecule is O=C(O)Nc1nnc2c(NCc3ccccc3Cl)nccn12. The van der Waals surface area contributed by atoms with E-state index in [-0.39, 0.29) is 5.95 Å². The number of nitrogens with one attached hydrogen (secondary N) is 2. The zero-order chi connectivity index (χ0) is 15.5. The van der Waals surface area contributed by atoms with Crippen molar-refractivity contribution < 1.29 is 9.90 Å². The van der Waals surface area contributed by atoms with Crippen LogP contribution in [0.5, 0.6) is 0 Å². The first-order chi connectivity index (χ1) is 10.6. The Balaban J connectivity index is 1.87. The van der Waals surface area contributed by atoms with Crippen LogP contribution in [-0.4, -0.2) is 30.8 Å². The zero-order valence-corrected chi connectivity index (χ0v) is 11.9. The van der Waals surface area contributed by atoms with E-state index in [1.165, 1.54) is 10.6 Å². The summed E-state index contributed by atoms with van der Waals surface area (Å²) in [4.78, 5) is 14.9. The van der Waals surface area contributed by atoms with Crippen LogP contribution in [0.3, 0.4) is 0 Å². The first-order valence-corrected chi connectivity index (χ1v) is 6.70. The van der Waals surface area contributed by atoms with E-state index in [2.05, 4.69) is 25.8 Å². The zero-order valence-electron chi connectivity index (χ0n) is 11.2. The van der Waals surface area contributed by atoms with Crippen LogP contribution in [0.25, 0.3) is 5.65 Å². The number of rotatable bonds is 4. The van der Waals surface area contributed by atoms with E-state index >= 15 is 0 Å². The topological polar surface area (TPSA) is 104 Å². The standard InChI is InChI=1S/C13H11ClN6O2/c14-9-4-2-1-3-8(9)7-16-10-11-18-19-12(17-13(21)22)20(11)6-5-15-10/h1-6H,7H2,(H,15,16)(H,17,19)(H,21,22). The van der Waals surface area contributed by atoms with Gasteiger partial charge in [-0.15, -0.1) is 10.2 Å². The molecule has 112 valence electrons. The second-order valence-electron chi connectivity index (χ2n) is 4.37. The van der Waals surface area contributed by atoms with Crippen molar-refractivity contribution in [3.8, 4) is 0 Å². The number of anilines is 2. The Bertz CT molecular complexity index is 834. The van der Waals surface area contributed by atoms with Crippen LogP contribution < -0.4 is 10.6 Å². The molecule has 3 rings (SSSR count). The highest BCUT2D eigenvalue weighted by Crippen LogP contribution is 2.19. The van der Waals surface area contributed by atoms with Crippen molar-refractivity contribution in [2.45, 2.75) is 6.54 Å². The third-order valence-electron chi connectivity index (χ3n) is 2.95. The molecule has 3 N–H and O–H groups in total. The number of carbonyl (C=O) groups is 1. The van der Waals surface area contributed by atoms with E-state index < -0.39 is 6.09 Å². The number of aromatic nitrogens is 4. The van der Waals surface area contributed by atoms with E-state index in [1.807, 2.05) is 18.2 Å². The average molecular weight is 319 g/mol. The lowest BCUT2D eigenvalue weighted by Gasteiger charge is -2.08. The molecule has 0 saturated carbocycles. The molecular weight excluding hydrogens is 308 g/mol. The van der Waals surface area contributed by atoms with Crippen molar-refractivity contribution in [3.63, 3.8) is 0 Å². The molecule has 3 aromatic rings. The minimum atomic E-state index is -1.21. The summed E-state index contributed by atoms with van der Waals surface area (Å²) in [6.45, 7) is 0.459. The molecule has 1 amide bonds. The number of carboxylic acid groups (broad SMARTS) is 1. The Morgan fingerprint density at radius 2 is 2.14 bits per heavy atom. The first-order valence-electron chi connectivity index (χ1n) is 6.32. The number of amides is 1. The van der Waals surface area contributed by atoms with Gasteiger partial charge in [0.25, 0.3) is 0 Å². The minimum Gasteiger partial charge on any atom is -0.465 e. The molecule has 2 heterocycles. The van der Waals surface area contributed by atoms with Crippen LogP contribution in [0.1, 0.15) is 5.56 Å². The monoisotopic (exact) mass is 318 g/mol. The summed E-state index contributed by atoms with van der Waals surface area (Å²) in [5.74, 6) is 0.582. The highest BCUT2D eigenvalue weighted by atomic mass is 35.5. The molecule has 9 heteroatoms. The third-order valence-corrected chi connectivity index (χ3v) is 3.32. The predicted molar refractivity (Wildman–Crippen MR) is 81.2 cm³/mol. The number of hydrogen-bond acceptors (Lipinski definition) is 5. The molecule has 2 aromatic heterocycles. The molecule has 0 atom stereocenters. The molecule has 0 fully saturated rings. The van der Waals surface area contributed by atoms with Crippen molar-refractivity contribution in [2.75, 3.05) is 10.6 Å². The highest BCUT2D eigenvalue weighted by molar-refractivity contribution is 6.31. The summed E-state index contributed by atoms with van der Waals surface area (Å²) in [6.07, 6.45) is 1.89. The quantitative estimate of drug-likeness (QED) is 0.682. The Morgan fingerprint density at radius 1 is 1.32 bits per heavy atom. The van der Waals surface area contributed by atoms with Gasteiger partial charge in [0.15, 0.2) is 5.82 Å². The van der Waals surface area contributed by atoms with E-state index in [4.69, 9.17) is 16.7 Å². The average Bonchev–Trinajstić information content (AvgIpc) is 2.90. The lowest BCUT2D eigenvalue weighted by Crippen LogP contribution is -2.10. The van der Waals surface area contributed by atoms with Gasteiger partial charge in [0.05, 0.1) is 0 Å². The third kappa shape index (κ3) is 2.77. The van der Waals surface area contributed by atoms with E-state index in [1.54, 1.807) is 12.3 Å². The summed E-state index contributed by atoms with van der Waals surface area (Å²) in [5, 5.41) is 22.4. The van der Waals surface area contributed by atoms with Gasteiger partial charge < -0.3 is 10.4 Å². The van der Waals surface area contributed by atoms with Crippen LogP contribution in [0.2, 0.25) is 5.02 Å². The van der Waals surface area contributed by atoms with Crippen molar-refractivity contribution in [2.24, 2.45) is 0 Å². The molecule has 0 aliphatic rings. The summed E-state index contributed by atoms with van der Waals surface area (Å²) >= 11 is 6.10. The normalized spacial score (nSPS) is 10.6. The summed E-state index contributed by atoms with van der Waals surface area (Å²) in [6, 6.07) is 7.45. The maximum Gasteiger partial charge on any atom is 0.411 e. The van der Waals surface area contributed by atoms with Crippen molar-refractivity contribution in [1.82, 2.24) is 19.6 Å². The van der Waals surface area contributed by atoms with E-state index in [0.717, 1.165) is 5.56 Å². The van der Waals surface area contributed by atoms with Gasteiger partial charge in [0, 0.05) is 24.0 Å². The van der Waals surface area contributed by atoms with Crippen LogP contribution in [0.4, 0.5) is 16.6 Å². The van der Waals surface area contributed by atoms with Gasteiger partial charge in [0.1, 0.15) is 0 Å². The van der Waals surface area contributed by atoms with Gasteiger partial charge in [-0.1, -0.05) is 29.8 Å². The fourth-order valence-electron chi connectivity index (χ4n) is 1.95. The van der Waals surface area contributed by atoms with Gasteiger partial charge >= 0.3 is 6.09 Å². The predicted octanol–water partition coefficient (Wildman–Crippen LogP) is 2.48. The number of halogens is 1. The Kier molecular flexibility index (Phi) is 3.75. The lowest BCUT2D eigenvalue weighted by molar-refractivity contribution is 0.209. The fraction of sp³-hybridized carbons (Fsp3) is 0.0769. The second kappa shape index (κ2) is 5.86. The van der Waals surface area contributed by atoms with Crippen molar-refractivity contribution in [1.29, 1.82) is 0 Å². The summed E-state index contributed by atoms with van der Waals surface area (Å²) < 4.78 is 1.50. The molecule has 8 nitrogen and oxygen atoms in total. The molecular formula is C13H11ClN6O2. The van der Waals surface area contributed by atoms with Crippen molar-refractivity contribution in [3.05, 3.63) is 47.2 Å². The van der Waals surface area contributed by atoms with Crippen LogP contribution in [-0.2, 0) is 6.54 Å². The van der Waals surface area contributed by atoms with E-state index in [0.29, 0.717) is 23.0 Å². The Morgan fingerprint density at radius 3 is 2.91 bits per heavy atom. The Hall–Kier alpha value is -2.87. The number of nitrogens with zero attached hydrogens (tertiary/aromatic N) is 4. The molecule has 0 radical (unpaired) electrons. The van der Waals surface area contributed by atoms with Gasteiger partial charge in [-0.05, 0) is 11.6 Å². The van der Waals surface area contributed by atoms with Gasteiger partial charge in [-0.2, -0.15) is 0 Å². The van der Waals surface area contributed by atoms with Gasteiger partial charge in [0.2, 0.25) is 11.6 Å². The Labute approximate surface area is 129 Å². The second-order valence-corrected chi connectivity index (χ2v) is 4.78. The number of fused-ring (bicyclic) bond motifs is 1. The molecule has 0 unspecified atom stereocenters. The van der Waals surface area contributed by atoms with Gasteiger partial charge in [-0.25, -0.2) is 9.78 Å².